The Balaban J connectivity index is 1.64. The summed E-state index contributed by atoms with van der Waals surface area (Å²) in [6.07, 6.45) is 2.03. The van der Waals surface area contributed by atoms with Crippen LogP contribution in [0.5, 0.6) is 0 Å². The van der Waals surface area contributed by atoms with Crippen LogP contribution >= 0.6 is 0 Å². The number of carbonyl (C=O) groups is 1. The van der Waals surface area contributed by atoms with Crippen molar-refractivity contribution in [3.63, 3.8) is 0 Å². The third-order valence-electron chi connectivity index (χ3n) is 3.96. The molecule has 1 heterocycles. The first-order valence-electron chi connectivity index (χ1n) is 8.31. The summed E-state index contributed by atoms with van der Waals surface area (Å²) in [7, 11) is 0. The van der Waals surface area contributed by atoms with Crippen molar-refractivity contribution in [1.29, 1.82) is 0 Å². The quantitative estimate of drug-likeness (QED) is 0.787. The average molecular weight is 304 g/mol. The highest BCUT2D eigenvalue weighted by atomic mass is 16.5. The smallest absolute Gasteiger partial charge is 0.251 e. The maximum absolute atomic E-state index is 12.1. The molecule has 122 valence electrons. The highest BCUT2D eigenvalue weighted by Crippen LogP contribution is 2.11. The third-order valence-corrected chi connectivity index (χ3v) is 3.96. The average Bonchev–Trinajstić information content (AvgIpc) is 2.54. The molecule has 1 aliphatic heterocycles. The Kier molecular flexibility index (Phi) is 6.87. The summed E-state index contributed by atoms with van der Waals surface area (Å²) in [5.74, 6) is 0.637. The Morgan fingerprint density at radius 2 is 1.95 bits per heavy atom. The monoisotopic (exact) mass is 304 g/mol. The van der Waals surface area contributed by atoms with Gasteiger partial charge >= 0.3 is 0 Å². The minimum atomic E-state index is 0.0410. The molecule has 0 aromatic heterocycles. The molecule has 0 bridgehead atoms. The van der Waals surface area contributed by atoms with Crippen LogP contribution < -0.4 is 5.32 Å². The van der Waals surface area contributed by atoms with E-state index in [1.165, 1.54) is 0 Å². The molecule has 4 nitrogen and oxygen atoms in total. The molecule has 0 aliphatic carbocycles. The van der Waals surface area contributed by atoms with E-state index in [-0.39, 0.29) is 5.91 Å². The molecule has 0 atom stereocenters. The fourth-order valence-corrected chi connectivity index (χ4v) is 2.67. The maximum atomic E-state index is 12.1. The van der Waals surface area contributed by atoms with Gasteiger partial charge in [0.25, 0.3) is 5.91 Å². The number of piperidine rings is 1. The van der Waals surface area contributed by atoms with E-state index in [0.29, 0.717) is 12.0 Å². The zero-order valence-electron chi connectivity index (χ0n) is 13.8. The second kappa shape index (κ2) is 8.91. The molecular formula is C18H28N2O2. The second-order valence-electron chi connectivity index (χ2n) is 6.42. The zero-order chi connectivity index (χ0) is 15.8. The number of nitrogens with zero attached hydrogens (tertiary/aromatic N) is 1. The molecule has 1 aromatic carbocycles. The molecule has 1 amide bonds. The molecule has 2 rings (SSSR count). The van der Waals surface area contributed by atoms with Gasteiger partial charge in [-0.1, -0.05) is 32.0 Å². The van der Waals surface area contributed by atoms with Crippen LogP contribution in [0.3, 0.4) is 0 Å². The van der Waals surface area contributed by atoms with Crippen molar-refractivity contribution in [2.45, 2.75) is 32.7 Å². The van der Waals surface area contributed by atoms with Crippen LogP contribution in [-0.2, 0) is 4.74 Å². The van der Waals surface area contributed by atoms with Gasteiger partial charge < -0.3 is 15.0 Å². The maximum Gasteiger partial charge on any atom is 0.251 e. The third kappa shape index (κ3) is 5.78. The summed E-state index contributed by atoms with van der Waals surface area (Å²) in [5, 5.41) is 3.14. The number of hydrogen-bond donors (Lipinski definition) is 1. The van der Waals surface area contributed by atoms with Crippen LogP contribution in [0.25, 0.3) is 0 Å². The lowest BCUT2D eigenvalue weighted by Gasteiger charge is -2.32. The van der Waals surface area contributed by atoms with Gasteiger partial charge in [-0.05, 0) is 30.9 Å². The topological polar surface area (TPSA) is 41.6 Å². The molecule has 0 spiro atoms. The molecule has 1 saturated heterocycles. The van der Waals surface area contributed by atoms with E-state index in [1.54, 1.807) is 0 Å². The van der Waals surface area contributed by atoms with Gasteiger partial charge in [0.2, 0.25) is 0 Å². The fourth-order valence-electron chi connectivity index (χ4n) is 2.67. The van der Waals surface area contributed by atoms with Gasteiger partial charge in [0, 0.05) is 37.8 Å². The van der Waals surface area contributed by atoms with E-state index in [0.717, 1.165) is 51.3 Å². The first-order valence-corrected chi connectivity index (χ1v) is 8.31. The van der Waals surface area contributed by atoms with Gasteiger partial charge in [-0.25, -0.2) is 0 Å². The zero-order valence-corrected chi connectivity index (χ0v) is 13.8. The van der Waals surface area contributed by atoms with E-state index >= 15 is 0 Å². The lowest BCUT2D eigenvalue weighted by Crippen LogP contribution is -2.45. The van der Waals surface area contributed by atoms with Crippen molar-refractivity contribution >= 4 is 5.91 Å². The molecule has 1 aromatic rings. The number of ether oxygens (including phenoxy) is 1. The largest absolute Gasteiger partial charge is 0.380 e. The summed E-state index contributed by atoms with van der Waals surface area (Å²) in [6.45, 7) is 9.03. The van der Waals surface area contributed by atoms with Crippen molar-refractivity contribution in [2.24, 2.45) is 5.92 Å². The van der Waals surface area contributed by atoms with Gasteiger partial charge in [-0.2, -0.15) is 0 Å². The van der Waals surface area contributed by atoms with E-state index in [1.807, 2.05) is 30.3 Å². The predicted molar refractivity (Wildman–Crippen MR) is 89.0 cm³/mol. The normalized spacial score (nSPS) is 16.9. The molecular weight excluding hydrogens is 276 g/mol. The van der Waals surface area contributed by atoms with E-state index in [4.69, 9.17) is 4.74 Å². The van der Waals surface area contributed by atoms with E-state index in [9.17, 15) is 4.79 Å². The van der Waals surface area contributed by atoms with Crippen molar-refractivity contribution in [3.8, 4) is 0 Å². The van der Waals surface area contributed by atoms with Crippen molar-refractivity contribution in [1.82, 2.24) is 10.2 Å². The van der Waals surface area contributed by atoms with Gasteiger partial charge in [-0.15, -0.1) is 0 Å². The minimum Gasteiger partial charge on any atom is -0.380 e. The molecule has 0 saturated carbocycles. The van der Waals surface area contributed by atoms with Crippen molar-refractivity contribution in [2.75, 3.05) is 32.8 Å². The Hall–Kier alpha value is -1.39. The number of rotatable bonds is 7. The first-order chi connectivity index (χ1) is 10.6. The van der Waals surface area contributed by atoms with Crippen LogP contribution in [0, 0.1) is 5.92 Å². The summed E-state index contributed by atoms with van der Waals surface area (Å²) in [6, 6.07) is 9.73. The SMILES string of the molecule is CC(C)COCCN1CCC(NC(=O)c2ccccc2)CC1. The molecule has 1 aliphatic rings. The summed E-state index contributed by atoms with van der Waals surface area (Å²) in [4.78, 5) is 14.5. The summed E-state index contributed by atoms with van der Waals surface area (Å²) < 4.78 is 5.64. The molecule has 0 radical (unpaired) electrons. The van der Waals surface area contributed by atoms with Crippen LogP contribution in [0.4, 0.5) is 0 Å². The lowest BCUT2D eigenvalue weighted by atomic mass is 10.0. The molecule has 1 N–H and O–H groups in total. The van der Waals surface area contributed by atoms with Gasteiger partial charge in [0.05, 0.1) is 6.61 Å². The summed E-state index contributed by atoms with van der Waals surface area (Å²) >= 11 is 0. The number of amides is 1. The van der Waals surface area contributed by atoms with Gasteiger partial charge in [0.15, 0.2) is 0 Å². The standard InChI is InChI=1S/C18H28N2O2/c1-15(2)14-22-13-12-20-10-8-17(9-11-20)19-18(21)16-6-4-3-5-7-16/h3-7,15,17H,8-14H2,1-2H3,(H,19,21). The number of nitrogens with one attached hydrogen (secondary N) is 1. The Labute approximate surface area is 133 Å². The van der Waals surface area contributed by atoms with Crippen LogP contribution in [-0.4, -0.2) is 49.7 Å². The predicted octanol–water partition coefficient (Wildman–Crippen LogP) is 2.55. The Morgan fingerprint density at radius 3 is 2.59 bits per heavy atom. The van der Waals surface area contributed by atoms with E-state index < -0.39 is 0 Å². The molecule has 4 heteroatoms. The van der Waals surface area contributed by atoms with E-state index in [2.05, 4.69) is 24.1 Å². The van der Waals surface area contributed by atoms with Gasteiger partial charge in [0.1, 0.15) is 0 Å². The number of carbonyl (C=O) groups excluding carboxylic acids is 1. The number of hydrogen-bond acceptors (Lipinski definition) is 3. The minimum absolute atomic E-state index is 0.0410. The lowest BCUT2D eigenvalue weighted by molar-refractivity contribution is 0.0738. The van der Waals surface area contributed by atoms with Crippen LogP contribution in [0.2, 0.25) is 0 Å². The summed E-state index contributed by atoms with van der Waals surface area (Å²) in [5.41, 5.74) is 0.743. The van der Waals surface area contributed by atoms with Crippen LogP contribution in [0.15, 0.2) is 30.3 Å². The van der Waals surface area contributed by atoms with Gasteiger partial charge in [-0.3, -0.25) is 4.79 Å². The highest BCUT2D eigenvalue weighted by molar-refractivity contribution is 5.94. The van der Waals surface area contributed by atoms with Crippen LogP contribution in [0.1, 0.15) is 37.0 Å². The number of likely N-dealkylation sites (tertiary alicyclic amines) is 1. The highest BCUT2D eigenvalue weighted by Gasteiger charge is 2.20. The molecule has 0 unspecified atom stereocenters. The molecule has 22 heavy (non-hydrogen) atoms. The molecule has 1 fully saturated rings. The second-order valence-corrected chi connectivity index (χ2v) is 6.42. The Morgan fingerprint density at radius 1 is 1.27 bits per heavy atom. The van der Waals surface area contributed by atoms with Crippen molar-refractivity contribution in [3.05, 3.63) is 35.9 Å². The Bertz CT molecular complexity index is 440. The first kappa shape index (κ1) is 17.0. The fraction of sp³-hybridized carbons (Fsp3) is 0.611. The van der Waals surface area contributed by atoms with Crippen molar-refractivity contribution < 1.29 is 9.53 Å². The number of benzene rings is 1.